The first kappa shape index (κ1) is 39.6. The van der Waals surface area contributed by atoms with Gasteiger partial charge < -0.3 is 36.3 Å². The number of rotatable bonds is 25. The van der Waals surface area contributed by atoms with Crippen molar-refractivity contribution < 1.29 is 31.6 Å². The van der Waals surface area contributed by atoms with Crippen LogP contribution in [0.5, 0.6) is 0 Å². The van der Waals surface area contributed by atoms with Gasteiger partial charge in [-0.3, -0.25) is 4.57 Å². The summed E-state index contributed by atoms with van der Waals surface area (Å²) in [5, 5.41) is 0. The summed E-state index contributed by atoms with van der Waals surface area (Å²) < 4.78 is 53.6. The largest absolute Gasteiger partial charge is 0.756 e. The van der Waals surface area contributed by atoms with Gasteiger partial charge in [-0.15, -0.1) is 0 Å². The van der Waals surface area contributed by atoms with Gasteiger partial charge in [-0.25, -0.2) is 0 Å². The number of hydrogen-bond donors (Lipinski definition) is 0. The summed E-state index contributed by atoms with van der Waals surface area (Å²) >= 11 is 0. The van der Waals surface area contributed by atoms with E-state index in [2.05, 4.69) is 24.3 Å². The van der Waals surface area contributed by atoms with Crippen LogP contribution < -0.4 is 4.89 Å². The molecule has 274 valence electrons. The SMILES string of the molecule is C[N+](C)(C)CCOP(=O)([O-])OCCCCCCCCCCCCCCCCCCc1ccc(C2=C3C=CCN3[B-](F)(F)n3cccc32)cc1. The Morgan fingerprint density at radius 2 is 1.31 bits per heavy atom. The number of aromatic nitrogens is 1. The predicted molar refractivity (Wildman–Crippen MR) is 196 cm³/mol. The van der Waals surface area contributed by atoms with Crippen LogP contribution in [0.3, 0.4) is 0 Å². The first-order chi connectivity index (χ1) is 23.5. The Labute approximate surface area is 294 Å². The second-order valence-electron chi connectivity index (χ2n) is 14.9. The first-order valence-electron chi connectivity index (χ1n) is 18.9. The molecule has 0 saturated carbocycles. The normalized spacial score (nSPS) is 16.7. The van der Waals surface area contributed by atoms with E-state index in [1.54, 1.807) is 12.1 Å². The highest BCUT2D eigenvalue weighted by Crippen LogP contribution is 2.41. The Kier molecular flexibility index (Phi) is 15.7. The topological polar surface area (TPSA) is 66.8 Å². The Morgan fingerprint density at radius 3 is 1.88 bits per heavy atom. The van der Waals surface area contributed by atoms with Crippen LogP contribution in [0.4, 0.5) is 8.63 Å². The summed E-state index contributed by atoms with van der Waals surface area (Å²) in [6.07, 6.45) is 25.8. The second kappa shape index (κ2) is 19.4. The number of benzene rings is 1. The third-order valence-electron chi connectivity index (χ3n) is 9.75. The van der Waals surface area contributed by atoms with Crippen LogP contribution in [0.2, 0.25) is 0 Å². The Morgan fingerprint density at radius 1 is 0.776 bits per heavy atom. The zero-order chi connectivity index (χ0) is 35.2. The summed E-state index contributed by atoms with van der Waals surface area (Å²) in [4.78, 5) is 13.0. The third kappa shape index (κ3) is 12.8. The molecule has 0 aliphatic carbocycles. The molecule has 1 aromatic carbocycles. The highest BCUT2D eigenvalue weighted by atomic mass is 31.2. The van der Waals surface area contributed by atoms with Crippen LogP contribution in [-0.2, 0) is 20.0 Å². The van der Waals surface area contributed by atoms with Gasteiger partial charge in [-0.2, -0.15) is 0 Å². The molecule has 0 spiro atoms. The molecule has 2 aliphatic rings. The average Bonchev–Trinajstić information content (AvgIpc) is 3.74. The van der Waals surface area contributed by atoms with Crippen LogP contribution in [0, 0.1) is 0 Å². The lowest BCUT2D eigenvalue weighted by molar-refractivity contribution is -0.870. The number of phosphoric acid groups is 1. The van der Waals surface area contributed by atoms with E-state index in [9.17, 15) is 9.46 Å². The molecule has 4 rings (SSSR count). The van der Waals surface area contributed by atoms with E-state index in [1.165, 1.54) is 100 Å². The molecule has 3 heterocycles. The summed E-state index contributed by atoms with van der Waals surface area (Å²) in [6, 6.07) is 12.0. The van der Waals surface area contributed by atoms with Crippen molar-refractivity contribution in [1.29, 1.82) is 0 Å². The Balaban J connectivity index is 0.941. The third-order valence-corrected chi connectivity index (χ3v) is 10.7. The zero-order valence-electron chi connectivity index (χ0n) is 30.3. The van der Waals surface area contributed by atoms with Crippen molar-refractivity contribution in [2.24, 2.45) is 0 Å². The molecule has 1 unspecified atom stereocenters. The minimum atomic E-state index is -4.17. The maximum absolute atomic E-state index is 15.1. The lowest BCUT2D eigenvalue weighted by Crippen LogP contribution is -2.53. The number of aryl methyl sites for hydroxylation is 1. The van der Waals surface area contributed by atoms with Crippen LogP contribution in [0.1, 0.15) is 120 Å². The average molecular weight is 703 g/mol. The maximum atomic E-state index is 15.1. The summed E-state index contributed by atoms with van der Waals surface area (Å²) in [5.74, 6) is 0. The maximum Gasteiger partial charge on any atom is 0.529 e. The van der Waals surface area contributed by atoms with Crippen molar-refractivity contribution in [3.63, 3.8) is 0 Å². The van der Waals surface area contributed by atoms with Crippen molar-refractivity contribution in [3.8, 4) is 0 Å². The standard InChI is InChI=1S/C38H61BF2N3O4P/c1-44(2,3)31-33-48-49(45,46)47-32-19-17-15-13-11-9-7-5-4-6-8-10-12-14-16-18-22-34-25-27-35(28-26-34)38-36-23-20-29-42(36)39(40,41)43-30-21-24-37(38)43/h20-21,23-29H,4-19,22,30-33H2,1-3H3,(H,45,46)/p-1. The number of quaternary nitrogens is 1. The van der Waals surface area contributed by atoms with Gasteiger partial charge in [0.1, 0.15) is 13.2 Å². The van der Waals surface area contributed by atoms with E-state index in [0.29, 0.717) is 22.4 Å². The number of fused-ring (bicyclic) bond motifs is 2. The number of halogens is 2. The second-order valence-corrected chi connectivity index (χ2v) is 16.3. The van der Waals surface area contributed by atoms with Gasteiger partial charge in [0.25, 0.3) is 7.82 Å². The van der Waals surface area contributed by atoms with Crippen LogP contribution in [0.15, 0.2) is 60.4 Å². The molecule has 0 amide bonds. The number of phosphoric ester groups is 1. The molecular formula is C38H60BF2N3O4P-. The molecule has 0 N–H and O–H groups in total. The van der Waals surface area contributed by atoms with E-state index < -0.39 is 14.8 Å². The van der Waals surface area contributed by atoms with E-state index in [-0.39, 0.29) is 19.8 Å². The number of nitrogens with zero attached hydrogens (tertiary/aromatic N) is 3. The van der Waals surface area contributed by atoms with Crippen LogP contribution >= 0.6 is 7.82 Å². The molecule has 1 atom stereocenters. The molecule has 0 bridgehead atoms. The van der Waals surface area contributed by atoms with E-state index in [1.807, 2.05) is 33.3 Å². The van der Waals surface area contributed by atoms with Crippen molar-refractivity contribution in [2.75, 3.05) is 47.4 Å². The molecule has 2 aliphatic heterocycles. The van der Waals surface area contributed by atoms with Crippen molar-refractivity contribution in [3.05, 3.63) is 77.3 Å². The zero-order valence-corrected chi connectivity index (χ0v) is 31.2. The molecule has 11 heteroatoms. The first-order valence-corrected chi connectivity index (χ1v) is 20.3. The predicted octanol–water partition coefficient (Wildman–Crippen LogP) is 9.35. The molecule has 7 nitrogen and oxygen atoms in total. The lowest BCUT2D eigenvalue weighted by Gasteiger charge is -2.45. The van der Waals surface area contributed by atoms with Crippen molar-refractivity contribution >= 4 is 20.4 Å². The fourth-order valence-electron chi connectivity index (χ4n) is 6.83. The van der Waals surface area contributed by atoms with Gasteiger partial charge in [0.15, 0.2) is 0 Å². The van der Waals surface area contributed by atoms with Gasteiger partial charge in [-0.1, -0.05) is 120 Å². The number of hydrogen-bond acceptors (Lipinski definition) is 5. The summed E-state index contributed by atoms with van der Waals surface area (Å²) in [5.41, 5.74) is 4.41. The van der Waals surface area contributed by atoms with Gasteiger partial charge in [-0.05, 0) is 54.8 Å². The molecule has 1 aromatic heterocycles. The van der Waals surface area contributed by atoms with Gasteiger partial charge in [0.05, 0.1) is 27.7 Å². The van der Waals surface area contributed by atoms with Crippen LogP contribution in [0.25, 0.3) is 5.57 Å². The molecular weight excluding hydrogens is 642 g/mol. The van der Waals surface area contributed by atoms with Gasteiger partial charge in [0.2, 0.25) is 0 Å². The minimum absolute atomic E-state index is 0.149. The molecule has 49 heavy (non-hydrogen) atoms. The highest BCUT2D eigenvalue weighted by molar-refractivity contribution is 7.45. The summed E-state index contributed by atoms with van der Waals surface area (Å²) in [7, 11) is 1.80. The van der Waals surface area contributed by atoms with Crippen molar-refractivity contribution in [1.82, 2.24) is 9.29 Å². The Hall–Kier alpha value is -2.23. The monoisotopic (exact) mass is 702 g/mol. The fraction of sp³-hybridized carbons (Fsp3) is 0.632. The summed E-state index contributed by atoms with van der Waals surface area (Å²) in [6.45, 7) is -2.58. The highest BCUT2D eigenvalue weighted by Gasteiger charge is 2.42. The molecule has 0 fully saturated rings. The minimum Gasteiger partial charge on any atom is -0.756 e. The quantitative estimate of drug-likeness (QED) is 0.0447. The molecule has 0 saturated heterocycles. The van der Waals surface area contributed by atoms with E-state index in [4.69, 9.17) is 9.05 Å². The van der Waals surface area contributed by atoms with E-state index >= 15 is 8.63 Å². The molecule has 0 radical (unpaired) electrons. The number of allylic oxidation sites excluding steroid dienone is 1. The van der Waals surface area contributed by atoms with Gasteiger partial charge >= 0.3 is 6.97 Å². The van der Waals surface area contributed by atoms with Crippen LogP contribution in [-0.4, -0.2) is 68.2 Å². The van der Waals surface area contributed by atoms with E-state index in [0.717, 1.165) is 41.3 Å². The number of unbranched alkanes of at least 4 members (excludes halogenated alkanes) is 15. The van der Waals surface area contributed by atoms with Crippen molar-refractivity contribution in [2.45, 2.75) is 109 Å². The Bertz CT molecular complexity index is 1390. The van der Waals surface area contributed by atoms with Gasteiger partial charge in [0, 0.05) is 23.5 Å². The number of likely N-dealkylation sites (N-methyl/N-ethyl adjacent to an activating group) is 1. The lowest BCUT2D eigenvalue weighted by atomic mass is 9.85. The molecule has 2 aromatic rings. The fourth-order valence-corrected chi connectivity index (χ4v) is 7.56. The smallest absolute Gasteiger partial charge is 0.529 e.